The number of fused-ring (bicyclic) bond motifs is 1. The Hall–Kier alpha value is -3.16. The number of aromatic amines is 1. The molecule has 1 saturated heterocycles. The largest absolute Gasteiger partial charge is 0.338 e. The predicted octanol–water partition coefficient (Wildman–Crippen LogP) is 3.12. The maximum absolute atomic E-state index is 12.7. The average molecular weight is 453 g/mol. The molecule has 0 radical (unpaired) electrons. The van der Waals surface area contributed by atoms with Crippen LogP contribution in [0.15, 0.2) is 46.2 Å². The third-order valence-electron chi connectivity index (χ3n) is 6.39. The summed E-state index contributed by atoms with van der Waals surface area (Å²) < 4.78 is 28.8. The van der Waals surface area contributed by atoms with Crippen molar-refractivity contribution in [2.24, 2.45) is 5.92 Å². The smallest absolute Gasteiger partial charge is 0.261 e. The molecule has 10 heteroatoms. The molecule has 9 nitrogen and oxygen atoms in total. The highest BCUT2D eigenvalue weighted by molar-refractivity contribution is 7.89. The number of rotatable bonds is 7. The molecule has 166 valence electrons. The molecule has 3 aromatic rings. The van der Waals surface area contributed by atoms with Gasteiger partial charge in [-0.2, -0.15) is 14.7 Å². The van der Waals surface area contributed by atoms with Gasteiger partial charge < -0.3 is 10.3 Å². The van der Waals surface area contributed by atoms with Crippen LogP contribution in [0.2, 0.25) is 0 Å². The highest BCUT2D eigenvalue weighted by Gasteiger charge is 2.36. The summed E-state index contributed by atoms with van der Waals surface area (Å²) in [5, 5.41) is 17.5. The van der Waals surface area contributed by atoms with Gasteiger partial charge >= 0.3 is 0 Å². The second kappa shape index (κ2) is 7.76. The molecular weight excluding hydrogens is 428 g/mol. The molecule has 1 saturated carbocycles. The van der Waals surface area contributed by atoms with E-state index in [1.807, 2.05) is 6.92 Å². The lowest BCUT2D eigenvalue weighted by atomic mass is 10.1. The Kier molecular flexibility index (Phi) is 5.03. The SMILES string of the molecule is C[C@H]1CCN1S(=O)(=O)c1ccc(Nc2nn(C(CC#N)C3CC3)c3cc[nH]c(=O)c23)cc1. The number of H-pyrrole nitrogens is 1. The Morgan fingerprint density at radius 2 is 2.00 bits per heavy atom. The average Bonchev–Trinajstić information content (AvgIpc) is 3.53. The van der Waals surface area contributed by atoms with Gasteiger partial charge in [-0.05, 0) is 62.4 Å². The fourth-order valence-electron chi connectivity index (χ4n) is 4.30. The van der Waals surface area contributed by atoms with Crippen LogP contribution in [-0.2, 0) is 10.0 Å². The molecule has 0 spiro atoms. The van der Waals surface area contributed by atoms with Crippen LogP contribution in [0.5, 0.6) is 0 Å². The van der Waals surface area contributed by atoms with Gasteiger partial charge in [0.25, 0.3) is 5.56 Å². The summed E-state index contributed by atoms with van der Waals surface area (Å²) >= 11 is 0. The van der Waals surface area contributed by atoms with Gasteiger partial charge in [-0.1, -0.05) is 0 Å². The molecule has 1 unspecified atom stereocenters. The lowest BCUT2D eigenvalue weighted by Crippen LogP contribution is -2.49. The number of nitriles is 1. The number of hydrogen-bond acceptors (Lipinski definition) is 6. The van der Waals surface area contributed by atoms with E-state index in [9.17, 15) is 18.5 Å². The van der Waals surface area contributed by atoms with Gasteiger partial charge in [0.1, 0.15) is 5.39 Å². The molecular formula is C22H24N6O3S. The lowest BCUT2D eigenvalue weighted by Gasteiger charge is -2.37. The van der Waals surface area contributed by atoms with Crippen molar-refractivity contribution in [3.05, 3.63) is 46.9 Å². The van der Waals surface area contributed by atoms with Crippen LogP contribution in [0, 0.1) is 17.2 Å². The molecule has 2 aliphatic rings. The van der Waals surface area contributed by atoms with Crippen LogP contribution in [-0.4, -0.2) is 40.1 Å². The van der Waals surface area contributed by atoms with Crippen LogP contribution in [0.1, 0.15) is 38.6 Å². The fourth-order valence-corrected chi connectivity index (χ4v) is 5.98. The first-order valence-electron chi connectivity index (χ1n) is 10.8. The zero-order valence-electron chi connectivity index (χ0n) is 17.7. The summed E-state index contributed by atoms with van der Waals surface area (Å²) in [4.78, 5) is 15.5. The molecule has 32 heavy (non-hydrogen) atoms. The topological polar surface area (TPSA) is 124 Å². The van der Waals surface area contributed by atoms with E-state index in [4.69, 9.17) is 0 Å². The van der Waals surface area contributed by atoms with Crippen molar-refractivity contribution in [2.45, 2.75) is 49.6 Å². The molecule has 1 aliphatic carbocycles. The van der Waals surface area contributed by atoms with E-state index in [0.29, 0.717) is 41.3 Å². The maximum Gasteiger partial charge on any atom is 0.261 e. The van der Waals surface area contributed by atoms with E-state index in [0.717, 1.165) is 19.3 Å². The third kappa shape index (κ3) is 3.47. The van der Waals surface area contributed by atoms with Gasteiger partial charge in [-0.15, -0.1) is 0 Å². The number of anilines is 2. The predicted molar refractivity (Wildman–Crippen MR) is 120 cm³/mol. The number of pyridine rings is 1. The van der Waals surface area contributed by atoms with Gasteiger partial charge in [-0.3, -0.25) is 9.48 Å². The van der Waals surface area contributed by atoms with Crippen molar-refractivity contribution in [3.8, 4) is 6.07 Å². The Bertz CT molecular complexity index is 1370. The molecule has 2 aromatic heterocycles. The van der Waals surface area contributed by atoms with E-state index in [-0.39, 0.29) is 22.5 Å². The molecule has 1 aromatic carbocycles. The Morgan fingerprint density at radius 1 is 1.25 bits per heavy atom. The minimum absolute atomic E-state index is 0.0210. The van der Waals surface area contributed by atoms with Crippen LogP contribution in [0.4, 0.5) is 11.5 Å². The minimum Gasteiger partial charge on any atom is -0.338 e. The van der Waals surface area contributed by atoms with Crippen molar-refractivity contribution in [2.75, 3.05) is 11.9 Å². The first kappa shape index (κ1) is 20.7. The zero-order valence-corrected chi connectivity index (χ0v) is 18.5. The van der Waals surface area contributed by atoms with E-state index in [1.54, 1.807) is 41.2 Å². The van der Waals surface area contributed by atoms with Crippen molar-refractivity contribution in [1.82, 2.24) is 19.1 Å². The molecule has 3 heterocycles. The van der Waals surface area contributed by atoms with Crippen molar-refractivity contribution < 1.29 is 8.42 Å². The Morgan fingerprint density at radius 3 is 2.59 bits per heavy atom. The number of benzene rings is 1. The molecule has 2 N–H and O–H groups in total. The third-order valence-corrected chi connectivity index (χ3v) is 8.42. The summed E-state index contributed by atoms with van der Waals surface area (Å²) in [6.45, 7) is 2.44. The number of sulfonamides is 1. The highest BCUT2D eigenvalue weighted by atomic mass is 32.2. The monoisotopic (exact) mass is 452 g/mol. The van der Waals surface area contributed by atoms with Crippen LogP contribution >= 0.6 is 0 Å². The van der Waals surface area contributed by atoms with Crippen molar-refractivity contribution in [3.63, 3.8) is 0 Å². The highest BCUT2D eigenvalue weighted by Crippen LogP contribution is 2.43. The summed E-state index contributed by atoms with van der Waals surface area (Å²) in [7, 11) is -3.50. The Balaban J connectivity index is 1.48. The standard InChI is InChI=1S/C22H24N6O3S/c1-14-10-13-27(14)32(30,31)17-6-4-16(5-7-17)25-21-20-19(9-12-24-22(20)29)28(26-21)18(8-11-23)15-2-3-15/h4-7,9,12,14-15,18H,2-3,8,10,13H2,1H3,(H,24,29)(H,25,26)/t14-,18?/m0/s1. The number of aromatic nitrogens is 3. The second-order valence-electron chi connectivity index (χ2n) is 8.53. The summed E-state index contributed by atoms with van der Waals surface area (Å²) in [6, 6.07) is 10.5. The number of hydrogen-bond donors (Lipinski definition) is 2. The van der Waals surface area contributed by atoms with Gasteiger partial charge in [0.05, 0.1) is 28.9 Å². The first-order valence-corrected chi connectivity index (χ1v) is 12.2. The van der Waals surface area contributed by atoms with E-state index < -0.39 is 10.0 Å². The first-order chi connectivity index (χ1) is 15.4. The molecule has 2 fully saturated rings. The molecule has 0 bridgehead atoms. The zero-order chi connectivity index (χ0) is 22.5. The number of nitrogens with zero attached hydrogens (tertiary/aromatic N) is 4. The molecule has 2 atom stereocenters. The number of nitrogens with one attached hydrogen (secondary N) is 2. The fraction of sp³-hybridized carbons (Fsp3) is 0.409. The van der Waals surface area contributed by atoms with E-state index in [2.05, 4.69) is 21.5 Å². The van der Waals surface area contributed by atoms with Gasteiger partial charge in [0.2, 0.25) is 10.0 Å². The van der Waals surface area contributed by atoms with Crippen LogP contribution in [0.25, 0.3) is 10.9 Å². The maximum atomic E-state index is 12.7. The minimum atomic E-state index is -3.50. The van der Waals surface area contributed by atoms with Crippen molar-refractivity contribution in [1.29, 1.82) is 5.26 Å². The van der Waals surface area contributed by atoms with E-state index in [1.165, 1.54) is 4.31 Å². The molecule has 1 aliphatic heterocycles. The van der Waals surface area contributed by atoms with Gasteiger partial charge in [0.15, 0.2) is 5.82 Å². The Labute approximate surface area is 185 Å². The second-order valence-corrected chi connectivity index (χ2v) is 10.4. The molecule has 0 amide bonds. The van der Waals surface area contributed by atoms with Gasteiger partial charge in [0, 0.05) is 24.5 Å². The lowest BCUT2D eigenvalue weighted by molar-refractivity contribution is 0.217. The quantitative estimate of drug-likeness (QED) is 0.568. The van der Waals surface area contributed by atoms with Crippen LogP contribution < -0.4 is 10.9 Å². The van der Waals surface area contributed by atoms with Gasteiger partial charge in [-0.25, -0.2) is 8.42 Å². The van der Waals surface area contributed by atoms with E-state index >= 15 is 0 Å². The van der Waals surface area contributed by atoms with Crippen molar-refractivity contribution >= 4 is 32.4 Å². The summed E-state index contributed by atoms with van der Waals surface area (Å²) in [5.41, 5.74) is 1.03. The summed E-state index contributed by atoms with van der Waals surface area (Å²) in [5.74, 6) is 0.774. The molecule has 5 rings (SSSR count). The summed E-state index contributed by atoms with van der Waals surface area (Å²) in [6.07, 6.45) is 4.88. The van der Waals surface area contributed by atoms with Crippen LogP contribution in [0.3, 0.4) is 0 Å². The normalized spacial score (nSPS) is 19.9.